The molecule has 1 N–H and O–H groups in total. The van der Waals surface area contributed by atoms with Gasteiger partial charge in [-0.2, -0.15) is 0 Å². The number of hydrogen-bond donors (Lipinski definition) is 1. The number of aryl methyl sites for hydroxylation is 1. The summed E-state index contributed by atoms with van der Waals surface area (Å²) in [5.74, 6) is 0.739. The summed E-state index contributed by atoms with van der Waals surface area (Å²) in [6, 6.07) is 24.3. The first kappa shape index (κ1) is 22.1. The average molecular weight is 465 g/mol. The second-order valence-corrected chi connectivity index (χ2v) is 8.98. The predicted octanol–water partition coefficient (Wildman–Crippen LogP) is 5.74. The molecule has 4 aromatic rings. The molecular formula is C24H21FN4OS2. The van der Waals surface area contributed by atoms with Crippen LogP contribution in [0, 0.1) is 12.7 Å². The largest absolute Gasteiger partial charge is 0.323 e. The highest BCUT2D eigenvalue weighted by molar-refractivity contribution is 7.99. The molecule has 8 heteroatoms. The van der Waals surface area contributed by atoms with E-state index in [-0.39, 0.29) is 17.3 Å². The summed E-state index contributed by atoms with van der Waals surface area (Å²) in [4.78, 5) is 13.5. The van der Waals surface area contributed by atoms with E-state index in [1.807, 2.05) is 34.9 Å². The lowest BCUT2D eigenvalue weighted by molar-refractivity contribution is -0.113. The molecule has 1 aromatic heterocycles. The second kappa shape index (κ2) is 10.5. The number of nitrogens with one attached hydrogen (secondary N) is 1. The molecule has 32 heavy (non-hydrogen) atoms. The molecule has 0 saturated carbocycles. The van der Waals surface area contributed by atoms with Crippen LogP contribution in [0.4, 0.5) is 10.1 Å². The van der Waals surface area contributed by atoms with Gasteiger partial charge in [0.25, 0.3) is 0 Å². The van der Waals surface area contributed by atoms with Crippen LogP contribution in [0.5, 0.6) is 0 Å². The molecule has 0 fully saturated rings. The Labute approximate surface area is 194 Å². The van der Waals surface area contributed by atoms with E-state index in [9.17, 15) is 9.18 Å². The van der Waals surface area contributed by atoms with Gasteiger partial charge in [0.15, 0.2) is 5.16 Å². The number of thioether (sulfide) groups is 2. The molecule has 0 unspecified atom stereocenters. The Hall–Kier alpha value is -3.10. The van der Waals surface area contributed by atoms with Crippen LogP contribution in [0.3, 0.4) is 0 Å². The highest BCUT2D eigenvalue weighted by Gasteiger charge is 2.16. The standard InChI is InChI=1S/C24H21FN4OS2/c1-17-11-13-19(14-12-17)31-15-22-27-28-24(29(22)18-7-3-2-4-8-18)32-16-23(30)26-21-10-6-5-9-20(21)25/h2-14H,15-16H2,1H3,(H,26,30). The van der Waals surface area contributed by atoms with Gasteiger partial charge in [0.2, 0.25) is 5.91 Å². The number of anilines is 1. The Morgan fingerprint density at radius 1 is 0.938 bits per heavy atom. The number of amides is 1. The molecule has 1 heterocycles. The number of carbonyl (C=O) groups is 1. The molecule has 0 bridgehead atoms. The molecule has 0 aliphatic rings. The summed E-state index contributed by atoms with van der Waals surface area (Å²) in [6.07, 6.45) is 0. The zero-order valence-corrected chi connectivity index (χ0v) is 19.0. The molecule has 162 valence electrons. The summed E-state index contributed by atoms with van der Waals surface area (Å²) < 4.78 is 15.8. The van der Waals surface area contributed by atoms with E-state index in [0.29, 0.717) is 10.9 Å². The molecule has 0 saturated heterocycles. The summed E-state index contributed by atoms with van der Waals surface area (Å²) >= 11 is 2.94. The van der Waals surface area contributed by atoms with E-state index in [1.165, 1.54) is 29.5 Å². The highest BCUT2D eigenvalue weighted by atomic mass is 32.2. The third kappa shape index (κ3) is 5.57. The molecule has 0 atom stereocenters. The van der Waals surface area contributed by atoms with Gasteiger partial charge in [-0.05, 0) is 43.3 Å². The lowest BCUT2D eigenvalue weighted by Crippen LogP contribution is -2.15. The van der Waals surface area contributed by atoms with Crippen LogP contribution in [-0.2, 0) is 10.5 Å². The molecule has 0 radical (unpaired) electrons. The number of rotatable bonds is 8. The van der Waals surface area contributed by atoms with Crippen LogP contribution in [0.15, 0.2) is 88.9 Å². The number of aromatic nitrogens is 3. The van der Waals surface area contributed by atoms with Gasteiger partial charge in [-0.15, -0.1) is 22.0 Å². The maximum absolute atomic E-state index is 13.8. The van der Waals surface area contributed by atoms with Crippen LogP contribution in [0.25, 0.3) is 5.69 Å². The van der Waals surface area contributed by atoms with Crippen molar-refractivity contribution in [2.75, 3.05) is 11.1 Å². The topological polar surface area (TPSA) is 59.8 Å². The fourth-order valence-electron chi connectivity index (χ4n) is 2.99. The van der Waals surface area contributed by atoms with E-state index < -0.39 is 5.82 Å². The summed E-state index contributed by atoms with van der Waals surface area (Å²) in [6.45, 7) is 2.06. The van der Waals surface area contributed by atoms with Crippen molar-refractivity contribution in [1.29, 1.82) is 0 Å². The molecule has 0 aliphatic carbocycles. The van der Waals surface area contributed by atoms with Crippen molar-refractivity contribution in [2.24, 2.45) is 0 Å². The summed E-state index contributed by atoms with van der Waals surface area (Å²) in [5.41, 5.74) is 2.31. The Bertz CT molecular complexity index is 1200. The van der Waals surface area contributed by atoms with Crippen LogP contribution in [-0.4, -0.2) is 26.4 Å². The van der Waals surface area contributed by atoms with Crippen LogP contribution >= 0.6 is 23.5 Å². The zero-order chi connectivity index (χ0) is 22.3. The van der Waals surface area contributed by atoms with E-state index in [1.54, 1.807) is 23.9 Å². The molecule has 5 nitrogen and oxygen atoms in total. The number of hydrogen-bond acceptors (Lipinski definition) is 5. The number of benzene rings is 3. The molecule has 0 spiro atoms. The summed E-state index contributed by atoms with van der Waals surface area (Å²) in [7, 11) is 0. The van der Waals surface area contributed by atoms with Gasteiger partial charge < -0.3 is 5.32 Å². The molecule has 0 aliphatic heterocycles. The Morgan fingerprint density at radius 2 is 1.66 bits per heavy atom. The normalized spacial score (nSPS) is 10.8. The smallest absolute Gasteiger partial charge is 0.234 e. The monoisotopic (exact) mass is 464 g/mol. The van der Waals surface area contributed by atoms with Gasteiger partial charge in [0, 0.05) is 10.6 Å². The molecule has 4 rings (SSSR count). The Balaban J connectivity index is 1.49. The van der Waals surface area contributed by atoms with Crippen LogP contribution in [0.2, 0.25) is 0 Å². The average Bonchev–Trinajstić information content (AvgIpc) is 3.22. The van der Waals surface area contributed by atoms with Crippen molar-refractivity contribution >= 4 is 35.1 Å². The number of para-hydroxylation sites is 2. The first-order chi connectivity index (χ1) is 15.6. The minimum absolute atomic E-state index is 0.0877. The van der Waals surface area contributed by atoms with Gasteiger partial charge >= 0.3 is 0 Å². The fraction of sp³-hybridized carbons (Fsp3) is 0.125. The van der Waals surface area contributed by atoms with Gasteiger partial charge in [-0.1, -0.05) is 59.8 Å². The Kier molecular flexibility index (Phi) is 7.24. The Morgan fingerprint density at radius 3 is 2.41 bits per heavy atom. The number of carbonyl (C=O) groups excluding carboxylic acids is 1. The first-order valence-electron chi connectivity index (χ1n) is 9.96. The predicted molar refractivity (Wildman–Crippen MR) is 128 cm³/mol. The van der Waals surface area contributed by atoms with Crippen LogP contribution in [0.1, 0.15) is 11.4 Å². The van der Waals surface area contributed by atoms with E-state index in [2.05, 4.69) is 46.7 Å². The lowest BCUT2D eigenvalue weighted by atomic mass is 10.2. The first-order valence-corrected chi connectivity index (χ1v) is 11.9. The van der Waals surface area contributed by atoms with E-state index >= 15 is 0 Å². The summed E-state index contributed by atoms with van der Waals surface area (Å²) in [5, 5.41) is 11.9. The van der Waals surface area contributed by atoms with Gasteiger partial charge in [0.05, 0.1) is 17.2 Å². The van der Waals surface area contributed by atoms with E-state index in [0.717, 1.165) is 16.4 Å². The zero-order valence-electron chi connectivity index (χ0n) is 17.4. The van der Waals surface area contributed by atoms with Crippen molar-refractivity contribution < 1.29 is 9.18 Å². The molecule has 3 aromatic carbocycles. The molecule has 1 amide bonds. The highest BCUT2D eigenvalue weighted by Crippen LogP contribution is 2.27. The fourth-order valence-corrected chi connectivity index (χ4v) is 4.57. The maximum Gasteiger partial charge on any atom is 0.234 e. The van der Waals surface area contributed by atoms with Crippen molar-refractivity contribution in [2.45, 2.75) is 22.7 Å². The molecular weight excluding hydrogens is 443 g/mol. The second-order valence-electron chi connectivity index (χ2n) is 6.99. The SMILES string of the molecule is Cc1ccc(SCc2nnc(SCC(=O)Nc3ccccc3F)n2-c2ccccc2)cc1. The van der Waals surface area contributed by atoms with Gasteiger partial charge in [-0.25, -0.2) is 4.39 Å². The van der Waals surface area contributed by atoms with Crippen molar-refractivity contribution in [3.63, 3.8) is 0 Å². The van der Waals surface area contributed by atoms with Crippen LogP contribution < -0.4 is 5.32 Å². The minimum atomic E-state index is -0.464. The van der Waals surface area contributed by atoms with Crippen molar-refractivity contribution in [3.8, 4) is 5.69 Å². The maximum atomic E-state index is 13.8. The minimum Gasteiger partial charge on any atom is -0.323 e. The third-order valence-electron chi connectivity index (χ3n) is 4.58. The van der Waals surface area contributed by atoms with Gasteiger partial charge in [-0.3, -0.25) is 9.36 Å². The quantitative estimate of drug-likeness (QED) is 0.337. The van der Waals surface area contributed by atoms with E-state index in [4.69, 9.17) is 0 Å². The number of nitrogens with zero attached hydrogens (tertiary/aromatic N) is 3. The van der Waals surface area contributed by atoms with Gasteiger partial charge in [0.1, 0.15) is 11.6 Å². The van der Waals surface area contributed by atoms with Crippen molar-refractivity contribution in [1.82, 2.24) is 14.8 Å². The number of halogens is 1. The lowest BCUT2D eigenvalue weighted by Gasteiger charge is -2.10. The van der Waals surface area contributed by atoms with Crippen molar-refractivity contribution in [3.05, 3.63) is 96.1 Å². The third-order valence-corrected chi connectivity index (χ3v) is 6.52.